The minimum absolute atomic E-state index is 0.0339. The van der Waals surface area contributed by atoms with Crippen LogP contribution in [0.1, 0.15) is 53.6 Å². The van der Waals surface area contributed by atoms with Crippen molar-refractivity contribution in [3.8, 4) is 11.3 Å². The Morgan fingerprint density at radius 3 is 2.82 bits per heavy atom. The number of para-hydroxylation sites is 1. The fourth-order valence-electron chi connectivity index (χ4n) is 3.70. The Morgan fingerprint density at radius 2 is 2.03 bits per heavy atom. The Hall–Kier alpha value is -3.30. The first-order valence-electron chi connectivity index (χ1n) is 11.1. The molecule has 0 saturated heterocycles. The molecule has 10 heteroatoms. The highest BCUT2D eigenvalue weighted by molar-refractivity contribution is 7.11. The molecule has 4 rings (SSSR count). The van der Waals surface area contributed by atoms with Crippen LogP contribution in [-0.2, 0) is 4.79 Å². The number of unbranched alkanes of at least 4 members (excludes halogenated alkanes) is 2. The van der Waals surface area contributed by atoms with Crippen LogP contribution in [0.15, 0.2) is 48.2 Å². The lowest BCUT2D eigenvalue weighted by atomic mass is 10.1. The predicted octanol–water partition coefficient (Wildman–Crippen LogP) is 4.90. The van der Waals surface area contributed by atoms with Crippen LogP contribution in [0.4, 0.5) is 0 Å². The second-order valence-corrected chi connectivity index (χ2v) is 9.11. The maximum absolute atomic E-state index is 12.7. The molecule has 8 nitrogen and oxygen atoms in total. The molecule has 0 aliphatic carbocycles. The number of amides is 2. The molecule has 0 bridgehead atoms. The minimum Gasteiger partial charge on any atom is -0.359 e. The zero-order valence-electron chi connectivity index (χ0n) is 18.7. The lowest BCUT2D eigenvalue weighted by Crippen LogP contribution is -2.28. The largest absolute Gasteiger partial charge is 0.359 e. The van der Waals surface area contributed by atoms with E-state index in [-0.39, 0.29) is 17.9 Å². The average Bonchev–Trinajstić information content (AvgIpc) is 3.55. The second-order valence-electron chi connectivity index (χ2n) is 7.87. The van der Waals surface area contributed by atoms with E-state index in [0.717, 1.165) is 41.4 Å². The van der Waals surface area contributed by atoms with Crippen molar-refractivity contribution in [2.45, 2.75) is 38.1 Å². The summed E-state index contributed by atoms with van der Waals surface area (Å²) in [6, 6.07) is 9.43. The van der Waals surface area contributed by atoms with Gasteiger partial charge in [0.05, 0.1) is 35.2 Å². The van der Waals surface area contributed by atoms with Crippen molar-refractivity contribution >= 4 is 45.7 Å². The number of nitrogens with zero attached hydrogens (tertiary/aromatic N) is 3. The third-order valence-electron chi connectivity index (χ3n) is 5.53. The van der Waals surface area contributed by atoms with Crippen molar-refractivity contribution in [1.82, 2.24) is 30.6 Å². The molecule has 0 aliphatic rings. The van der Waals surface area contributed by atoms with Crippen LogP contribution in [0.25, 0.3) is 22.2 Å². The number of hydrogen-bond acceptors (Lipinski definition) is 6. The molecule has 0 aliphatic heterocycles. The standard InChI is InChI=1S/C24H25ClN6O2S/c1-26-21(32)10-4-2-3-9-18(31-24(33)20-13-27-14-34-20)23-28-12-19(30-23)16-11-15-7-5-6-8-17(15)29-22(16)25/h5-8,11-14,18H,2-4,9-10H2,1H3,(H,26,32)(H,28,30)(H,31,33)/t18-/m0/s1. The highest BCUT2D eigenvalue weighted by Crippen LogP contribution is 2.30. The van der Waals surface area contributed by atoms with Crippen molar-refractivity contribution < 1.29 is 9.59 Å². The van der Waals surface area contributed by atoms with Gasteiger partial charge in [-0.25, -0.2) is 9.97 Å². The van der Waals surface area contributed by atoms with Crippen LogP contribution < -0.4 is 10.6 Å². The summed E-state index contributed by atoms with van der Waals surface area (Å²) in [6.07, 6.45) is 6.92. The summed E-state index contributed by atoms with van der Waals surface area (Å²) >= 11 is 7.75. The van der Waals surface area contributed by atoms with E-state index in [2.05, 4.69) is 30.6 Å². The number of rotatable bonds is 10. The van der Waals surface area contributed by atoms with Gasteiger partial charge in [0.1, 0.15) is 15.9 Å². The first-order chi connectivity index (χ1) is 16.5. The van der Waals surface area contributed by atoms with Gasteiger partial charge in [-0.05, 0) is 25.0 Å². The highest BCUT2D eigenvalue weighted by Gasteiger charge is 2.20. The number of carbonyl (C=O) groups excluding carboxylic acids is 2. The Kier molecular flexibility index (Phi) is 7.87. The summed E-state index contributed by atoms with van der Waals surface area (Å²) in [6.45, 7) is 0. The first-order valence-corrected chi connectivity index (χ1v) is 12.3. The molecule has 3 N–H and O–H groups in total. The van der Waals surface area contributed by atoms with E-state index in [4.69, 9.17) is 11.6 Å². The summed E-state index contributed by atoms with van der Waals surface area (Å²) in [5.74, 6) is 0.483. The monoisotopic (exact) mass is 496 g/mol. The number of nitrogens with one attached hydrogen (secondary N) is 3. The van der Waals surface area contributed by atoms with Gasteiger partial charge in [-0.1, -0.05) is 42.6 Å². The number of aromatic nitrogens is 4. The van der Waals surface area contributed by atoms with Crippen molar-refractivity contribution in [2.24, 2.45) is 0 Å². The van der Waals surface area contributed by atoms with Crippen LogP contribution in [-0.4, -0.2) is 38.8 Å². The normalized spacial score (nSPS) is 11.9. The zero-order valence-corrected chi connectivity index (χ0v) is 20.2. The van der Waals surface area contributed by atoms with E-state index in [1.54, 1.807) is 25.0 Å². The molecule has 0 saturated carbocycles. The number of aromatic amines is 1. The number of thiazole rings is 1. The third kappa shape index (κ3) is 5.78. The van der Waals surface area contributed by atoms with Crippen LogP contribution >= 0.6 is 22.9 Å². The molecule has 0 radical (unpaired) electrons. The molecule has 34 heavy (non-hydrogen) atoms. The van der Waals surface area contributed by atoms with Gasteiger partial charge in [-0.15, -0.1) is 11.3 Å². The van der Waals surface area contributed by atoms with Crippen LogP contribution in [0.3, 0.4) is 0 Å². The van der Waals surface area contributed by atoms with Gasteiger partial charge < -0.3 is 15.6 Å². The number of fused-ring (bicyclic) bond motifs is 1. The van der Waals surface area contributed by atoms with Gasteiger partial charge in [-0.3, -0.25) is 14.6 Å². The van der Waals surface area contributed by atoms with E-state index in [9.17, 15) is 9.59 Å². The molecule has 2 amide bonds. The molecule has 176 valence electrons. The second kappa shape index (κ2) is 11.2. The third-order valence-corrected chi connectivity index (χ3v) is 6.59. The maximum atomic E-state index is 12.7. The molecular weight excluding hydrogens is 472 g/mol. The molecule has 1 aromatic carbocycles. The van der Waals surface area contributed by atoms with Crippen molar-refractivity contribution in [2.75, 3.05) is 7.05 Å². The van der Waals surface area contributed by atoms with E-state index in [1.165, 1.54) is 11.3 Å². The SMILES string of the molecule is CNC(=O)CCCCC[C@H](NC(=O)c1cncs1)c1ncc(-c2cc3ccccc3nc2Cl)[nH]1. The number of benzene rings is 1. The van der Waals surface area contributed by atoms with Crippen molar-refractivity contribution in [3.05, 3.63) is 64.1 Å². The van der Waals surface area contributed by atoms with Crippen LogP contribution in [0.2, 0.25) is 5.15 Å². The Bertz CT molecular complexity index is 1270. The van der Waals surface area contributed by atoms with E-state index < -0.39 is 0 Å². The number of pyridine rings is 1. The zero-order chi connectivity index (χ0) is 23.9. The molecule has 0 fully saturated rings. The van der Waals surface area contributed by atoms with Crippen molar-refractivity contribution in [1.29, 1.82) is 0 Å². The Morgan fingerprint density at radius 1 is 1.18 bits per heavy atom. The quantitative estimate of drug-likeness (QED) is 0.213. The summed E-state index contributed by atoms with van der Waals surface area (Å²) in [7, 11) is 1.64. The van der Waals surface area contributed by atoms with E-state index >= 15 is 0 Å². The molecule has 0 spiro atoms. The van der Waals surface area contributed by atoms with Gasteiger partial charge in [-0.2, -0.15) is 0 Å². The van der Waals surface area contributed by atoms with Crippen LogP contribution in [0, 0.1) is 0 Å². The fourth-order valence-corrected chi connectivity index (χ4v) is 4.47. The van der Waals surface area contributed by atoms with Gasteiger partial charge in [0, 0.05) is 24.4 Å². The fraction of sp³-hybridized carbons (Fsp3) is 0.292. The molecule has 3 heterocycles. The summed E-state index contributed by atoms with van der Waals surface area (Å²) in [4.78, 5) is 41.1. The molecular formula is C24H25ClN6O2S. The van der Waals surface area contributed by atoms with Crippen LogP contribution in [0.5, 0.6) is 0 Å². The number of imidazole rings is 1. The maximum Gasteiger partial charge on any atom is 0.263 e. The molecule has 3 aromatic heterocycles. The van der Waals surface area contributed by atoms with Gasteiger partial charge in [0.25, 0.3) is 5.91 Å². The van der Waals surface area contributed by atoms with E-state index in [0.29, 0.717) is 28.7 Å². The Balaban J connectivity index is 1.52. The number of hydrogen-bond donors (Lipinski definition) is 3. The summed E-state index contributed by atoms with van der Waals surface area (Å²) in [5.41, 5.74) is 3.93. The van der Waals surface area contributed by atoms with E-state index in [1.807, 2.05) is 30.3 Å². The summed E-state index contributed by atoms with van der Waals surface area (Å²) in [5, 5.41) is 7.06. The molecule has 0 unspecified atom stereocenters. The summed E-state index contributed by atoms with van der Waals surface area (Å²) < 4.78 is 0. The topological polar surface area (TPSA) is 113 Å². The van der Waals surface area contributed by atoms with Gasteiger partial charge >= 0.3 is 0 Å². The number of halogens is 1. The molecule has 4 aromatic rings. The molecule has 1 atom stereocenters. The number of carbonyl (C=O) groups is 2. The smallest absolute Gasteiger partial charge is 0.263 e. The van der Waals surface area contributed by atoms with Crippen molar-refractivity contribution in [3.63, 3.8) is 0 Å². The van der Waals surface area contributed by atoms with Gasteiger partial charge in [0.15, 0.2) is 0 Å². The van der Waals surface area contributed by atoms with Gasteiger partial charge in [0.2, 0.25) is 5.91 Å². The number of H-pyrrole nitrogens is 1. The highest BCUT2D eigenvalue weighted by atomic mass is 35.5. The first kappa shape index (κ1) is 23.8. The lowest BCUT2D eigenvalue weighted by molar-refractivity contribution is -0.120. The predicted molar refractivity (Wildman–Crippen MR) is 134 cm³/mol. The average molecular weight is 497 g/mol. The Labute approximate surface area is 206 Å². The minimum atomic E-state index is -0.324. The lowest BCUT2D eigenvalue weighted by Gasteiger charge is -2.16.